The van der Waals surface area contributed by atoms with Gasteiger partial charge in [0.05, 0.1) is 0 Å². The molecule has 0 unspecified atom stereocenters. The van der Waals surface area contributed by atoms with Crippen molar-refractivity contribution in [2.24, 2.45) is 5.73 Å². The Bertz CT molecular complexity index is 1180. The summed E-state index contributed by atoms with van der Waals surface area (Å²) < 4.78 is 19.9. The Balaban J connectivity index is 1.50. The summed E-state index contributed by atoms with van der Waals surface area (Å²) in [6, 6.07) is 23.9. The van der Waals surface area contributed by atoms with Gasteiger partial charge in [-0.3, -0.25) is 14.4 Å². The molecule has 1 aliphatic carbocycles. The molecule has 0 saturated heterocycles. The molecule has 1 fully saturated rings. The molecule has 0 spiro atoms. The lowest BCUT2D eigenvalue weighted by Crippen LogP contribution is -2.36. The normalized spacial score (nSPS) is 14.2. The largest absolute Gasteiger partial charge is 0.455 e. The number of esters is 1. The first-order valence-electron chi connectivity index (χ1n) is 10.5. The Labute approximate surface area is 191 Å². The highest BCUT2D eigenvalue weighted by molar-refractivity contribution is 7.81. The fraction of sp³-hybridized carbons (Fsp3) is 0.160. The maximum atomic E-state index is 14.5. The van der Waals surface area contributed by atoms with Gasteiger partial charge >= 0.3 is 5.97 Å². The number of nitrogens with two attached hydrogens (primary N) is 1. The van der Waals surface area contributed by atoms with Crippen LogP contribution in [0.25, 0.3) is 0 Å². The van der Waals surface area contributed by atoms with E-state index >= 15 is 0 Å². The van der Waals surface area contributed by atoms with Gasteiger partial charge in [-0.1, -0.05) is 60.7 Å². The van der Waals surface area contributed by atoms with Gasteiger partial charge in [0.2, 0.25) is 5.91 Å². The topological polar surface area (TPSA) is 116 Å². The van der Waals surface area contributed by atoms with E-state index in [2.05, 4.69) is 5.32 Å². The zero-order valence-corrected chi connectivity index (χ0v) is 18.7. The highest BCUT2D eigenvalue weighted by Gasteiger charge is 2.65. The number of hydrogen-bond donors (Lipinski definition) is 2. The Hall–Kier alpha value is -3.70. The van der Waals surface area contributed by atoms with Crippen LogP contribution in [-0.4, -0.2) is 29.5 Å². The molecule has 8 heteroatoms. The summed E-state index contributed by atoms with van der Waals surface area (Å²) in [5, 5.41) is 2.59. The van der Waals surface area contributed by atoms with Crippen molar-refractivity contribution in [2.75, 3.05) is 11.9 Å². The summed E-state index contributed by atoms with van der Waals surface area (Å²) in [4.78, 5) is 36.6. The molecule has 3 N–H and O–H groups in total. The van der Waals surface area contributed by atoms with Gasteiger partial charge in [-0.15, -0.1) is 0 Å². The molecule has 0 bridgehead atoms. The standard InChI is InChI=1S/C25H23N2O5P/c26-23(29)18-11-13-19(14-12-18)27-22(28)17-32-24(30)25(15-16-25)33(31,20-7-3-1-4-8-20)21-9-5-2-6-10-21/h1-14H,15-17H2,(H2,26,29)(H,27,28). The Morgan fingerprint density at radius 3 is 1.82 bits per heavy atom. The second kappa shape index (κ2) is 9.04. The molecule has 7 nitrogen and oxygen atoms in total. The number of anilines is 1. The second-order valence-corrected chi connectivity index (χ2v) is 11.0. The summed E-state index contributed by atoms with van der Waals surface area (Å²) in [6.07, 6.45) is 0.839. The number of benzene rings is 3. The van der Waals surface area contributed by atoms with Crippen molar-refractivity contribution in [1.82, 2.24) is 0 Å². The highest BCUT2D eigenvalue weighted by atomic mass is 31.2. The maximum absolute atomic E-state index is 14.5. The van der Waals surface area contributed by atoms with E-state index in [1.165, 1.54) is 24.3 Å². The van der Waals surface area contributed by atoms with Crippen LogP contribution in [0.2, 0.25) is 0 Å². The number of rotatable bonds is 8. The molecule has 0 aliphatic heterocycles. The van der Waals surface area contributed by atoms with Crippen LogP contribution >= 0.6 is 7.14 Å². The van der Waals surface area contributed by atoms with E-state index in [1.807, 2.05) is 12.1 Å². The Morgan fingerprint density at radius 2 is 1.36 bits per heavy atom. The molecular weight excluding hydrogens is 439 g/mol. The predicted molar refractivity (Wildman–Crippen MR) is 126 cm³/mol. The fourth-order valence-electron chi connectivity index (χ4n) is 3.87. The van der Waals surface area contributed by atoms with Crippen molar-refractivity contribution in [3.05, 3.63) is 90.5 Å². The van der Waals surface area contributed by atoms with Crippen molar-refractivity contribution in [3.63, 3.8) is 0 Å². The lowest BCUT2D eigenvalue weighted by atomic mass is 10.2. The fourth-order valence-corrected chi connectivity index (χ4v) is 7.40. The van der Waals surface area contributed by atoms with Gasteiger partial charge < -0.3 is 20.4 Å². The van der Waals surface area contributed by atoms with Crippen LogP contribution in [-0.2, 0) is 18.9 Å². The molecule has 3 aromatic rings. The number of primary amides is 1. The van der Waals surface area contributed by atoms with Crippen molar-refractivity contribution < 1.29 is 23.7 Å². The number of hydrogen-bond acceptors (Lipinski definition) is 5. The van der Waals surface area contributed by atoms with Gasteiger partial charge in [0, 0.05) is 21.9 Å². The smallest absolute Gasteiger partial charge is 0.320 e. The van der Waals surface area contributed by atoms with E-state index in [-0.39, 0.29) is 0 Å². The predicted octanol–water partition coefficient (Wildman–Crippen LogP) is 2.81. The Kier molecular flexibility index (Phi) is 6.16. The monoisotopic (exact) mass is 462 g/mol. The van der Waals surface area contributed by atoms with Crippen LogP contribution < -0.4 is 21.7 Å². The van der Waals surface area contributed by atoms with E-state index in [9.17, 15) is 18.9 Å². The second-order valence-electron chi connectivity index (χ2n) is 7.88. The number of nitrogens with one attached hydrogen (secondary N) is 1. The lowest BCUT2D eigenvalue weighted by Gasteiger charge is -2.27. The molecule has 3 aromatic carbocycles. The van der Waals surface area contributed by atoms with Crippen molar-refractivity contribution in [1.29, 1.82) is 0 Å². The number of amides is 2. The lowest BCUT2D eigenvalue weighted by molar-refractivity contribution is -0.147. The third-order valence-electron chi connectivity index (χ3n) is 5.73. The van der Waals surface area contributed by atoms with Gasteiger partial charge in [-0.05, 0) is 37.1 Å². The minimum absolute atomic E-state index is 0.313. The van der Waals surface area contributed by atoms with Gasteiger partial charge in [-0.2, -0.15) is 0 Å². The molecule has 4 rings (SSSR count). The summed E-state index contributed by atoms with van der Waals surface area (Å²) in [5.41, 5.74) is 5.95. The zero-order valence-electron chi connectivity index (χ0n) is 17.8. The number of carbonyl (C=O) groups excluding carboxylic acids is 3. The third-order valence-corrected chi connectivity index (χ3v) is 9.62. The molecule has 168 valence electrons. The van der Waals surface area contributed by atoms with Crippen LogP contribution in [0.4, 0.5) is 5.69 Å². The zero-order chi connectivity index (χ0) is 23.5. The molecule has 0 aromatic heterocycles. The molecular formula is C25H23N2O5P. The molecule has 2 amide bonds. The van der Waals surface area contributed by atoms with Crippen LogP contribution in [0.15, 0.2) is 84.9 Å². The summed E-state index contributed by atoms with van der Waals surface area (Å²) in [6.45, 7) is -0.512. The summed E-state index contributed by atoms with van der Waals surface area (Å²) in [7, 11) is -3.36. The first-order valence-corrected chi connectivity index (χ1v) is 12.2. The third kappa shape index (κ3) is 4.32. The van der Waals surface area contributed by atoms with Gasteiger partial charge in [0.1, 0.15) is 5.16 Å². The number of ether oxygens (including phenoxy) is 1. The molecule has 0 radical (unpaired) electrons. The van der Waals surface area contributed by atoms with E-state index < -0.39 is 36.7 Å². The first-order chi connectivity index (χ1) is 15.9. The highest BCUT2D eigenvalue weighted by Crippen LogP contribution is 2.68. The minimum atomic E-state index is -3.36. The Morgan fingerprint density at radius 1 is 0.848 bits per heavy atom. The average Bonchev–Trinajstić information content (AvgIpc) is 3.66. The molecule has 0 atom stereocenters. The SMILES string of the molecule is NC(=O)c1ccc(NC(=O)COC(=O)C2(P(=O)(c3ccccc3)c3ccccc3)CC2)cc1. The van der Waals surface area contributed by atoms with Crippen LogP contribution in [0.5, 0.6) is 0 Å². The van der Waals surface area contributed by atoms with Crippen LogP contribution in [0, 0.1) is 0 Å². The van der Waals surface area contributed by atoms with E-state index in [1.54, 1.807) is 48.5 Å². The van der Waals surface area contributed by atoms with Crippen molar-refractivity contribution in [3.8, 4) is 0 Å². The molecule has 1 saturated carbocycles. The molecule has 1 aliphatic rings. The maximum Gasteiger partial charge on any atom is 0.320 e. The van der Waals surface area contributed by atoms with Crippen LogP contribution in [0.3, 0.4) is 0 Å². The average molecular weight is 462 g/mol. The van der Waals surface area contributed by atoms with E-state index in [0.29, 0.717) is 34.7 Å². The van der Waals surface area contributed by atoms with E-state index in [4.69, 9.17) is 10.5 Å². The first kappa shape index (κ1) is 22.5. The summed E-state index contributed by atoms with van der Waals surface area (Å²) in [5.74, 6) is -1.75. The van der Waals surface area contributed by atoms with Gasteiger partial charge in [-0.25, -0.2) is 0 Å². The molecule has 33 heavy (non-hydrogen) atoms. The summed E-state index contributed by atoms with van der Waals surface area (Å²) >= 11 is 0. The van der Waals surface area contributed by atoms with Gasteiger partial charge in [0.25, 0.3) is 5.91 Å². The van der Waals surface area contributed by atoms with Crippen molar-refractivity contribution in [2.45, 2.75) is 18.0 Å². The van der Waals surface area contributed by atoms with Gasteiger partial charge in [0.15, 0.2) is 13.7 Å². The quantitative estimate of drug-likeness (QED) is 0.395. The van der Waals surface area contributed by atoms with E-state index in [0.717, 1.165) is 0 Å². The van der Waals surface area contributed by atoms with Crippen LogP contribution in [0.1, 0.15) is 23.2 Å². The van der Waals surface area contributed by atoms with Crippen molar-refractivity contribution >= 4 is 41.2 Å². The minimum Gasteiger partial charge on any atom is -0.455 e. The number of carbonyl (C=O) groups is 3. The molecule has 0 heterocycles.